The number of piperidine rings is 2. The van der Waals surface area contributed by atoms with Crippen LogP contribution in [0.3, 0.4) is 0 Å². The van der Waals surface area contributed by atoms with Crippen molar-refractivity contribution in [2.45, 2.75) is 43.0 Å². The number of fused-ring (bicyclic) bond motifs is 2. The molecule has 0 radical (unpaired) electrons. The van der Waals surface area contributed by atoms with Gasteiger partial charge in [0.15, 0.2) is 0 Å². The number of benzene rings is 2. The highest BCUT2D eigenvalue weighted by Crippen LogP contribution is 2.39. The number of hydrogen-bond acceptors (Lipinski definition) is 4. The van der Waals surface area contributed by atoms with E-state index >= 15 is 0 Å². The van der Waals surface area contributed by atoms with E-state index in [1.54, 1.807) is 0 Å². The van der Waals surface area contributed by atoms with Crippen molar-refractivity contribution in [1.82, 2.24) is 14.8 Å². The summed E-state index contributed by atoms with van der Waals surface area (Å²) in [5.74, 6) is -0.0145. The Bertz CT molecular complexity index is 1300. The summed E-state index contributed by atoms with van der Waals surface area (Å²) in [5, 5.41) is 3.92. The van der Waals surface area contributed by atoms with Crippen molar-refractivity contribution in [3.63, 3.8) is 0 Å². The molecule has 35 heavy (non-hydrogen) atoms. The lowest BCUT2D eigenvalue weighted by Crippen LogP contribution is -2.48. The van der Waals surface area contributed by atoms with Gasteiger partial charge in [-0.2, -0.15) is 0 Å². The van der Waals surface area contributed by atoms with Gasteiger partial charge in [-0.25, -0.2) is 0 Å². The predicted octanol–water partition coefficient (Wildman–Crippen LogP) is 5.34. The number of hydrogen-bond donors (Lipinski definition) is 2. The zero-order valence-corrected chi connectivity index (χ0v) is 20.6. The Balaban J connectivity index is 1.21. The highest BCUT2D eigenvalue weighted by molar-refractivity contribution is 8.04. The molecule has 4 heterocycles. The molecule has 0 spiro atoms. The van der Waals surface area contributed by atoms with Crippen LogP contribution >= 0.6 is 11.8 Å². The molecule has 0 aliphatic carbocycles. The van der Waals surface area contributed by atoms with E-state index in [1.165, 1.54) is 44.1 Å². The first kappa shape index (κ1) is 22.4. The summed E-state index contributed by atoms with van der Waals surface area (Å²) in [7, 11) is 0. The monoisotopic (exact) mass is 486 g/mol. The van der Waals surface area contributed by atoms with Crippen LogP contribution in [-0.2, 0) is 4.79 Å². The SMILES string of the molecule is O=C1Nc2ccccc2S/C1=C\c1c[nH]c2c(C(=O)N3CCC(N4CCCCC4)CC3)cccc12. The van der Waals surface area contributed by atoms with Crippen LogP contribution in [0.1, 0.15) is 48.0 Å². The van der Waals surface area contributed by atoms with Crippen molar-refractivity contribution in [1.29, 1.82) is 0 Å². The van der Waals surface area contributed by atoms with Gasteiger partial charge in [-0.1, -0.05) is 42.4 Å². The molecule has 3 aliphatic rings. The van der Waals surface area contributed by atoms with Crippen LogP contribution in [0.5, 0.6) is 0 Å². The molecule has 0 atom stereocenters. The van der Waals surface area contributed by atoms with E-state index in [2.05, 4.69) is 15.2 Å². The van der Waals surface area contributed by atoms with Gasteiger partial charge in [-0.15, -0.1) is 0 Å². The lowest BCUT2D eigenvalue weighted by molar-refractivity contribution is -0.112. The number of H-pyrrole nitrogens is 1. The van der Waals surface area contributed by atoms with Gasteiger partial charge in [0.25, 0.3) is 11.8 Å². The number of thioether (sulfide) groups is 1. The van der Waals surface area contributed by atoms with Crippen molar-refractivity contribution >= 4 is 46.2 Å². The van der Waals surface area contributed by atoms with E-state index in [4.69, 9.17) is 0 Å². The predicted molar refractivity (Wildman–Crippen MR) is 142 cm³/mol. The van der Waals surface area contributed by atoms with Gasteiger partial charge < -0.3 is 20.1 Å². The van der Waals surface area contributed by atoms with Crippen LogP contribution in [0, 0.1) is 0 Å². The topological polar surface area (TPSA) is 68.4 Å². The molecule has 2 saturated heterocycles. The minimum absolute atomic E-state index is 0.0902. The van der Waals surface area contributed by atoms with E-state index in [0.29, 0.717) is 16.5 Å². The summed E-state index contributed by atoms with van der Waals surface area (Å²) in [6.45, 7) is 4.04. The molecule has 6 rings (SSSR count). The molecular formula is C28H30N4O2S. The number of aromatic amines is 1. The first-order valence-electron chi connectivity index (χ1n) is 12.6. The molecule has 0 saturated carbocycles. The van der Waals surface area contributed by atoms with Crippen molar-refractivity contribution in [3.8, 4) is 0 Å². The Morgan fingerprint density at radius 2 is 1.77 bits per heavy atom. The van der Waals surface area contributed by atoms with Crippen LogP contribution in [0.2, 0.25) is 0 Å². The van der Waals surface area contributed by atoms with Crippen LogP contribution in [0.4, 0.5) is 5.69 Å². The minimum atomic E-state index is -0.105. The van der Waals surface area contributed by atoms with E-state index in [-0.39, 0.29) is 11.8 Å². The van der Waals surface area contributed by atoms with E-state index in [9.17, 15) is 9.59 Å². The Morgan fingerprint density at radius 3 is 2.60 bits per heavy atom. The summed E-state index contributed by atoms with van der Waals surface area (Å²) in [6, 6.07) is 14.3. The van der Waals surface area contributed by atoms with Gasteiger partial charge in [0.2, 0.25) is 0 Å². The van der Waals surface area contributed by atoms with Gasteiger partial charge in [0, 0.05) is 41.2 Å². The standard InChI is InChI=1S/C28H30N4O2S/c33-27-25(35-24-10-3-2-9-23(24)30-27)17-19-18-29-26-21(19)7-6-8-22(26)28(34)32-15-11-20(12-16-32)31-13-4-1-5-14-31/h2-3,6-10,17-18,20,29H,1,4-5,11-16H2,(H,30,33)/b25-17-. The number of amides is 2. The van der Waals surface area contributed by atoms with E-state index < -0.39 is 0 Å². The largest absolute Gasteiger partial charge is 0.360 e. The molecule has 0 bridgehead atoms. The normalized spacial score (nSPS) is 20.7. The number of likely N-dealkylation sites (tertiary alicyclic amines) is 2. The molecule has 3 aromatic rings. The van der Waals surface area contributed by atoms with Gasteiger partial charge in [0.05, 0.1) is 21.7 Å². The quantitative estimate of drug-likeness (QED) is 0.490. The third kappa shape index (κ3) is 4.39. The second-order valence-electron chi connectivity index (χ2n) is 9.65. The number of anilines is 1. The highest BCUT2D eigenvalue weighted by atomic mass is 32.2. The molecule has 7 heteroatoms. The van der Waals surface area contributed by atoms with Gasteiger partial charge in [-0.3, -0.25) is 9.59 Å². The fourth-order valence-electron chi connectivity index (χ4n) is 5.61. The summed E-state index contributed by atoms with van der Waals surface area (Å²) >= 11 is 1.47. The average Bonchev–Trinajstić information content (AvgIpc) is 3.32. The summed E-state index contributed by atoms with van der Waals surface area (Å²) in [5.41, 5.74) is 3.30. The number of nitrogens with zero attached hydrogens (tertiary/aromatic N) is 2. The third-order valence-corrected chi connectivity index (χ3v) is 8.60. The first-order valence-corrected chi connectivity index (χ1v) is 13.4. The van der Waals surface area contributed by atoms with Crippen LogP contribution in [0.25, 0.3) is 17.0 Å². The highest BCUT2D eigenvalue weighted by Gasteiger charge is 2.29. The fraction of sp³-hybridized carbons (Fsp3) is 0.357. The summed E-state index contributed by atoms with van der Waals surface area (Å²) in [6.07, 6.45) is 9.87. The molecule has 2 fully saturated rings. The number of rotatable bonds is 3. The smallest absolute Gasteiger partial charge is 0.262 e. The van der Waals surface area contributed by atoms with Crippen molar-refractivity contribution in [3.05, 3.63) is 64.7 Å². The molecule has 1 aromatic heterocycles. The van der Waals surface area contributed by atoms with Gasteiger partial charge >= 0.3 is 0 Å². The third-order valence-electron chi connectivity index (χ3n) is 7.50. The molecule has 2 amide bonds. The van der Waals surface area contributed by atoms with Crippen LogP contribution in [0.15, 0.2) is 58.5 Å². The second kappa shape index (κ2) is 9.55. The van der Waals surface area contributed by atoms with E-state index in [0.717, 1.165) is 53.0 Å². The Morgan fingerprint density at radius 1 is 0.971 bits per heavy atom. The summed E-state index contributed by atoms with van der Waals surface area (Å²) in [4.78, 5) is 35.8. The van der Waals surface area contributed by atoms with Crippen molar-refractivity contribution in [2.75, 3.05) is 31.5 Å². The average molecular weight is 487 g/mol. The maximum absolute atomic E-state index is 13.5. The Kier molecular flexibility index (Phi) is 6.12. The number of para-hydroxylation sites is 2. The van der Waals surface area contributed by atoms with Gasteiger partial charge in [0.1, 0.15) is 0 Å². The van der Waals surface area contributed by atoms with Crippen LogP contribution in [-0.4, -0.2) is 58.8 Å². The first-order chi connectivity index (χ1) is 17.2. The number of aromatic nitrogens is 1. The lowest BCUT2D eigenvalue weighted by atomic mass is 9.99. The zero-order valence-electron chi connectivity index (χ0n) is 19.8. The maximum atomic E-state index is 13.5. The maximum Gasteiger partial charge on any atom is 0.262 e. The molecule has 3 aliphatic heterocycles. The zero-order chi connectivity index (χ0) is 23.8. The van der Waals surface area contributed by atoms with Crippen molar-refractivity contribution < 1.29 is 9.59 Å². The molecule has 2 aromatic carbocycles. The number of carbonyl (C=O) groups excluding carboxylic acids is 2. The molecule has 2 N–H and O–H groups in total. The number of nitrogens with one attached hydrogen (secondary N) is 2. The molecule has 180 valence electrons. The summed E-state index contributed by atoms with van der Waals surface area (Å²) < 4.78 is 0. The van der Waals surface area contributed by atoms with E-state index in [1.807, 2.05) is 59.6 Å². The molecular weight excluding hydrogens is 456 g/mol. The lowest BCUT2D eigenvalue weighted by Gasteiger charge is -2.40. The number of carbonyl (C=O) groups is 2. The molecule has 0 unspecified atom stereocenters. The van der Waals surface area contributed by atoms with Crippen molar-refractivity contribution in [2.24, 2.45) is 0 Å². The second-order valence-corrected chi connectivity index (χ2v) is 10.7. The minimum Gasteiger partial charge on any atom is -0.360 e. The van der Waals surface area contributed by atoms with Gasteiger partial charge in [-0.05, 0) is 63.0 Å². The molecule has 6 nitrogen and oxygen atoms in total. The Labute approximate surface area is 209 Å². The Hall–Kier alpha value is -3.03. The fourth-order valence-corrected chi connectivity index (χ4v) is 6.55. The van der Waals surface area contributed by atoms with Crippen LogP contribution < -0.4 is 5.32 Å².